The molecule has 0 aliphatic carbocycles. The molecule has 33 heavy (non-hydrogen) atoms. The van der Waals surface area contributed by atoms with E-state index in [0.29, 0.717) is 36.8 Å². The summed E-state index contributed by atoms with van der Waals surface area (Å²) in [6.45, 7) is 5.65. The van der Waals surface area contributed by atoms with E-state index in [9.17, 15) is 8.78 Å². The molecule has 2 aliphatic rings. The number of morpholine rings is 1. The van der Waals surface area contributed by atoms with Gasteiger partial charge in [-0.2, -0.15) is 5.10 Å². The van der Waals surface area contributed by atoms with Gasteiger partial charge in [0.1, 0.15) is 28.7 Å². The number of anilines is 1. The zero-order chi connectivity index (χ0) is 22.7. The molecule has 4 aromatic rings. The number of fused-ring (bicyclic) bond motifs is 6. The summed E-state index contributed by atoms with van der Waals surface area (Å²) in [6.07, 6.45) is 4.02. The van der Waals surface area contributed by atoms with Gasteiger partial charge in [0.05, 0.1) is 36.9 Å². The van der Waals surface area contributed by atoms with Crippen molar-refractivity contribution in [2.75, 3.05) is 24.7 Å². The molecule has 0 bridgehead atoms. The molecule has 0 unspecified atom stereocenters. The normalized spacial score (nSPS) is 19.2. The number of H-pyrrole nitrogens is 1. The summed E-state index contributed by atoms with van der Waals surface area (Å²) in [7, 11) is 0. The minimum absolute atomic E-state index is 0.191. The maximum absolute atomic E-state index is 14.5. The molecule has 6 rings (SSSR count). The van der Waals surface area contributed by atoms with Gasteiger partial charge in [-0.05, 0) is 25.5 Å². The number of ether oxygens (including phenoxy) is 1. The van der Waals surface area contributed by atoms with Crippen molar-refractivity contribution in [3.8, 4) is 28.3 Å². The lowest BCUT2D eigenvalue weighted by molar-refractivity contribution is 0.0390. The summed E-state index contributed by atoms with van der Waals surface area (Å²) in [5.74, 6) is 1.31. The Kier molecular flexibility index (Phi) is 4.31. The number of aryl methyl sites for hydroxylation is 1. The van der Waals surface area contributed by atoms with Gasteiger partial charge in [0.15, 0.2) is 17.5 Å². The number of aromatic amines is 1. The van der Waals surface area contributed by atoms with E-state index in [0.717, 1.165) is 35.6 Å². The van der Waals surface area contributed by atoms with Crippen LogP contribution < -0.4 is 4.90 Å². The first-order valence-corrected chi connectivity index (χ1v) is 10.7. The van der Waals surface area contributed by atoms with E-state index in [-0.39, 0.29) is 5.56 Å². The Morgan fingerprint density at radius 1 is 1.18 bits per heavy atom. The lowest BCUT2D eigenvalue weighted by atomic mass is 9.90. The SMILES string of the molecule is CC[C@]12COCCN1c1nc(-c3cn[nH]c3-c3ccc(F)cc3F)ncc1-n1c(C)nnc12. The van der Waals surface area contributed by atoms with Gasteiger partial charge in [0.2, 0.25) is 0 Å². The number of hydrogen-bond acceptors (Lipinski definition) is 7. The van der Waals surface area contributed by atoms with Crippen molar-refractivity contribution in [3.63, 3.8) is 0 Å². The lowest BCUT2D eigenvalue weighted by Crippen LogP contribution is -2.58. The lowest BCUT2D eigenvalue weighted by Gasteiger charge is -2.49. The molecule has 3 aromatic heterocycles. The first-order chi connectivity index (χ1) is 16.0. The number of aromatic nitrogens is 7. The molecule has 11 heteroatoms. The van der Waals surface area contributed by atoms with Crippen LogP contribution in [0.2, 0.25) is 0 Å². The number of halogens is 2. The minimum atomic E-state index is -0.693. The Morgan fingerprint density at radius 2 is 2.06 bits per heavy atom. The fourth-order valence-electron chi connectivity index (χ4n) is 4.79. The van der Waals surface area contributed by atoms with Crippen molar-refractivity contribution in [2.45, 2.75) is 25.8 Å². The predicted octanol–water partition coefficient (Wildman–Crippen LogP) is 3.16. The third-order valence-corrected chi connectivity index (χ3v) is 6.47. The summed E-state index contributed by atoms with van der Waals surface area (Å²) in [5, 5.41) is 15.7. The van der Waals surface area contributed by atoms with E-state index in [1.165, 1.54) is 12.1 Å². The molecular weight excluding hydrogens is 430 g/mol. The van der Waals surface area contributed by atoms with E-state index in [4.69, 9.17) is 9.72 Å². The zero-order valence-electron chi connectivity index (χ0n) is 18.0. The van der Waals surface area contributed by atoms with Crippen LogP contribution in [0.3, 0.4) is 0 Å². The maximum atomic E-state index is 14.5. The summed E-state index contributed by atoms with van der Waals surface area (Å²) < 4.78 is 35.8. The van der Waals surface area contributed by atoms with Crippen LogP contribution in [0.1, 0.15) is 25.0 Å². The fraction of sp³-hybridized carbons (Fsp3) is 0.318. The average molecular weight is 450 g/mol. The van der Waals surface area contributed by atoms with Crippen LogP contribution >= 0.6 is 0 Å². The Labute approximate surface area is 187 Å². The topological polar surface area (TPSA) is 97.6 Å². The van der Waals surface area contributed by atoms with Crippen LogP contribution in [0.25, 0.3) is 28.3 Å². The molecule has 0 saturated carbocycles. The molecule has 1 saturated heterocycles. The molecule has 1 N–H and O–H groups in total. The first kappa shape index (κ1) is 19.9. The van der Waals surface area contributed by atoms with Crippen molar-refractivity contribution in [2.24, 2.45) is 0 Å². The first-order valence-electron chi connectivity index (χ1n) is 10.7. The quantitative estimate of drug-likeness (QED) is 0.512. The van der Waals surface area contributed by atoms with Crippen molar-refractivity contribution in [1.82, 2.24) is 34.9 Å². The molecule has 2 aliphatic heterocycles. The smallest absolute Gasteiger partial charge is 0.166 e. The van der Waals surface area contributed by atoms with Gasteiger partial charge < -0.3 is 9.64 Å². The van der Waals surface area contributed by atoms with Crippen molar-refractivity contribution < 1.29 is 13.5 Å². The van der Waals surface area contributed by atoms with E-state index >= 15 is 0 Å². The number of rotatable bonds is 3. The van der Waals surface area contributed by atoms with Crippen LogP contribution in [0.4, 0.5) is 14.6 Å². The standard InChI is InChI=1S/C22H20F2N8O/c1-3-22-11-33-7-6-31(22)20-17(32-12(2)28-30-21(22)32)10-25-19(27-20)15-9-26-29-18(15)14-5-4-13(23)8-16(14)24/h4-5,8-10H,3,6-7,11H2,1-2H3,(H,26,29)/t22-/m1/s1. The van der Waals surface area contributed by atoms with Gasteiger partial charge >= 0.3 is 0 Å². The Hall–Kier alpha value is -3.73. The number of nitrogens with zero attached hydrogens (tertiary/aromatic N) is 7. The van der Waals surface area contributed by atoms with Crippen LogP contribution in [0.5, 0.6) is 0 Å². The van der Waals surface area contributed by atoms with E-state index in [1.807, 2.05) is 11.5 Å². The Balaban J connectivity index is 1.54. The monoisotopic (exact) mass is 450 g/mol. The van der Waals surface area contributed by atoms with Crippen molar-refractivity contribution in [1.29, 1.82) is 0 Å². The summed E-state index contributed by atoms with van der Waals surface area (Å²) in [5.41, 5.74) is 1.37. The summed E-state index contributed by atoms with van der Waals surface area (Å²) in [6, 6.07) is 3.42. The molecule has 9 nitrogen and oxygen atoms in total. The molecule has 0 radical (unpaired) electrons. The van der Waals surface area contributed by atoms with Gasteiger partial charge in [-0.15, -0.1) is 10.2 Å². The summed E-state index contributed by atoms with van der Waals surface area (Å²) >= 11 is 0. The zero-order valence-corrected chi connectivity index (χ0v) is 18.0. The third kappa shape index (κ3) is 2.75. The summed E-state index contributed by atoms with van der Waals surface area (Å²) in [4.78, 5) is 11.7. The Bertz CT molecular complexity index is 1380. The van der Waals surface area contributed by atoms with Gasteiger partial charge in [0.25, 0.3) is 0 Å². The molecule has 1 aromatic carbocycles. The molecule has 1 atom stereocenters. The van der Waals surface area contributed by atoms with Gasteiger partial charge in [-0.1, -0.05) is 6.92 Å². The van der Waals surface area contributed by atoms with Gasteiger partial charge in [-0.3, -0.25) is 9.67 Å². The molecule has 5 heterocycles. The second-order valence-electron chi connectivity index (χ2n) is 8.18. The van der Waals surface area contributed by atoms with Gasteiger partial charge in [0, 0.05) is 18.2 Å². The van der Waals surface area contributed by atoms with Crippen LogP contribution in [-0.4, -0.2) is 54.7 Å². The average Bonchev–Trinajstić information content (AvgIpc) is 3.46. The van der Waals surface area contributed by atoms with E-state index in [2.05, 4.69) is 37.2 Å². The highest BCUT2D eigenvalue weighted by Crippen LogP contribution is 2.45. The molecule has 0 spiro atoms. The molecule has 0 amide bonds. The largest absolute Gasteiger partial charge is 0.377 e. The van der Waals surface area contributed by atoms with Crippen molar-refractivity contribution in [3.05, 3.63) is 53.9 Å². The second kappa shape index (κ2) is 7.14. The van der Waals surface area contributed by atoms with Crippen LogP contribution in [-0.2, 0) is 10.3 Å². The maximum Gasteiger partial charge on any atom is 0.166 e. The highest BCUT2D eigenvalue weighted by Gasteiger charge is 2.49. The predicted molar refractivity (Wildman–Crippen MR) is 115 cm³/mol. The molecule has 1 fully saturated rings. The van der Waals surface area contributed by atoms with E-state index < -0.39 is 17.2 Å². The molecular formula is C22H20F2N8O. The minimum Gasteiger partial charge on any atom is -0.377 e. The highest BCUT2D eigenvalue weighted by molar-refractivity contribution is 5.78. The molecule has 168 valence electrons. The fourth-order valence-corrected chi connectivity index (χ4v) is 4.79. The van der Waals surface area contributed by atoms with Crippen LogP contribution in [0, 0.1) is 18.6 Å². The van der Waals surface area contributed by atoms with Gasteiger partial charge in [-0.25, -0.2) is 18.7 Å². The van der Waals surface area contributed by atoms with Crippen LogP contribution in [0.15, 0.2) is 30.6 Å². The second-order valence-corrected chi connectivity index (χ2v) is 8.18. The number of benzene rings is 1. The number of hydrogen-bond donors (Lipinski definition) is 1. The Morgan fingerprint density at radius 3 is 2.88 bits per heavy atom. The number of nitrogens with one attached hydrogen (secondary N) is 1. The third-order valence-electron chi connectivity index (χ3n) is 6.47. The van der Waals surface area contributed by atoms with E-state index in [1.54, 1.807) is 12.4 Å². The highest BCUT2D eigenvalue weighted by atomic mass is 19.1. The van der Waals surface area contributed by atoms with Crippen molar-refractivity contribution >= 4 is 5.82 Å².